The molecule has 3 atom stereocenters. The number of hydrogen-bond donors (Lipinski definition) is 2. The Morgan fingerprint density at radius 3 is 2.86 bits per heavy atom. The van der Waals surface area contributed by atoms with E-state index in [4.69, 9.17) is 5.11 Å². The molecule has 1 fully saturated rings. The Labute approximate surface area is 127 Å². The van der Waals surface area contributed by atoms with Gasteiger partial charge in [-0.25, -0.2) is 0 Å². The second-order valence-corrected chi connectivity index (χ2v) is 6.36. The van der Waals surface area contributed by atoms with Gasteiger partial charge in [-0.15, -0.1) is 0 Å². The molecule has 3 nitrogen and oxygen atoms in total. The quantitative estimate of drug-likeness (QED) is 0.711. The molecule has 0 bridgehead atoms. The lowest BCUT2D eigenvalue weighted by Gasteiger charge is -2.20. The van der Waals surface area contributed by atoms with Crippen molar-refractivity contribution >= 4 is 11.7 Å². The summed E-state index contributed by atoms with van der Waals surface area (Å²) in [5, 5.41) is 12.4. The minimum absolute atomic E-state index is 0.246. The van der Waals surface area contributed by atoms with Crippen LogP contribution in [0.2, 0.25) is 0 Å². The maximum absolute atomic E-state index is 10.6. The van der Waals surface area contributed by atoms with Crippen LogP contribution in [0.5, 0.6) is 0 Å². The summed E-state index contributed by atoms with van der Waals surface area (Å²) in [6, 6.07) is 9.03. The number of carboxylic acids is 1. The zero-order valence-electron chi connectivity index (χ0n) is 13.1. The van der Waals surface area contributed by atoms with Crippen LogP contribution < -0.4 is 5.32 Å². The molecule has 1 aliphatic rings. The van der Waals surface area contributed by atoms with E-state index in [2.05, 4.69) is 43.4 Å². The molecule has 1 aliphatic carbocycles. The van der Waals surface area contributed by atoms with Crippen LogP contribution in [-0.2, 0) is 11.2 Å². The maximum Gasteiger partial charge on any atom is 0.303 e. The van der Waals surface area contributed by atoms with E-state index in [0.717, 1.165) is 18.3 Å². The highest BCUT2D eigenvalue weighted by Gasteiger charge is 2.38. The summed E-state index contributed by atoms with van der Waals surface area (Å²) in [5.74, 6) is 0.962. The Balaban J connectivity index is 1.91. The Morgan fingerprint density at radius 1 is 1.48 bits per heavy atom. The van der Waals surface area contributed by atoms with Gasteiger partial charge in [0.1, 0.15) is 0 Å². The molecule has 0 aromatic heterocycles. The molecule has 0 spiro atoms. The molecule has 2 rings (SSSR count). The molecule has 2 N–H and O–H groups in total. The molecule has 21 heavy (non-hydrogen) atoms. The van der Waals surface area contributed by atoms with Crippen molar-refractivity contribution in [2.75, 3.05) is 5.32 Å². The van der Waals surface area contributed by atoms with Crippen LogP contribution in [0.3, 0.4) is 0 Å². The number of aliphatic carboxylic acids is 1. The van der Waals surface area contributed by atoms with Crippen LogP contribution in [-0.4, -0.2) is 17.1 Å². The summed E-state index contributed by atoms with van der Waals surface area (Å²) in [7, 11) is 0. The fourth-order valence-corrected chi connectivity index (χ4v) is 3.09. The van der Waals surface area contributed by atoms with Gasteiger partial charge in [-0.2, -0.15) is 0 Å². The Hall–Kier alpha value is -1.51. The number of anilines is 1. The van der Waals surface area contributed by atoms with Gasteiger partial charge in [-0.3, -0.25) is 4.79 Å². The monoisotopic (exact) mass is 289 g/mol. The highest BCUT2D eigenvalue weighted by Crippen LogP contribution is 2.43. The number of aryl methyl sites for hydroxylation is 1. The maximum atomic E-state index is 10.6. The van der Waals surface area contributed by atoms with Gasteiger partial charge in [0.05, 0.1) is 0 Å². The molecule has 0 aliphatic heterocycles. The van der Waals surface area contributed by atoms with Crippen molar-refractivity contribution < 1.29 is 9.90 Å². The van der Waals surface area contributed by atoms with Crippen LogP contribution in [0.25, 0.3) is 0 Å². The molecule has 0 heterocycles. The van der Waals surface area contributed by atoms with Crippen molar-refractivity contribution in [2.24, 2.45) is 11.8 Å². The third-order valence-electron chi connectivity index (χ3n) is 4.42. The van der Waals surface area contributed by atoms with E-state index in [1.165, 1.54) is 30.5 Å². The zero-order valence-corrected chi connectivity index (χ0v) is 13.1. The molecule has 0 amide bonds. The van der Waals surface area contributed by atoms with Crippen LogP contribution in [0, 0.1) is 11.8 Å². The number of rotatable bonds is 9. The van der Waals surface area contributed by atoms with Crippen LogP contribution in [0.4, 0.5) is 5.69 Å². The second kappa shape index (κ2) is 7.48. The van der Waals surface area contributed by atoms with Gasteiger partial charge in [0, 0.05) is 18.2 Å². The number of benzene rings is 1. The first-order valence-corrected chi connectivity index (χ1v) is 8.17. The highest BCUT2D eigenvalue weighted by atomic mass is 16.4. The lowest BCUT2D eigenvalue weighted by atomic mass is 10.0. The van der Waals surface area contributed by atoms with Gasteiger partial charge < -0.3 is 10.4 Å². The second-order valence-electron chi connectivity index (χ2n) is 6.36. The fourth-order valence-electron chi connectivity index (χ4n) is 3.09. The standard InChI is InChI=1S/C18H27NO2/c1-3-6-17(16-11-13(16)2)19-15-9-4-7-14(12-15)8-5-10-18(20)21/h4,7,9,12-13,16-17,19H,3,5-6,8,10-11H2,1-2H3,(H,20,21). The first-order chi connectivity index (χ1) is 10.1. The summed E-state index contributed by atoms with van der Waals surface area (Å²) in [6.45, 7) is 4.57. The van der Waals surface area contributed by atoms with Crippen molar-refractivity contribution in [2.45, 2.75) is 58.4 Å². The number of hydrogen-bond acceptors (Lipinski definition) is 2. The zero-order chi connectivity index (χ0) is 15.2. The van der Waals surface area contributed by atoms with Crippen LogP contribution in [0.15, 0.2) is 24.3 Å². The van der Waals surface area contributed by atoms with Crippen LogP contribution in [0.1, 0.15) is 51.5 Å². The lowest BCUT2D eigenvalue weighted by Crippen LogP contribution is -2.22. The van der Waals surface area contributed by atoms with Crippen molar-refractivity contribution in [3.8, 4) is 0 Å². The minimum atomic E-state index is -0.713. The van der Waals surface area contributed by atoms with Crippen molar-refractivity contribution in [3.05, 3.63) is 29.8 Å². The molecule has 0 saturated heterocycles. The molecular formula is C18H27NO2. The summed E-state index contributed by atoms with van der Waals surface area (Å²) in [5.41, 5.74) is 2.40. The molecule has 1 aromatic carbocycles. The molecule has 3 heteroatoms. The van der Waals surface area contributed by atoms with E-state index >= 15 is 0 Å². The number of carbonyl (C=O) groups is 1. The van der Waals surface area contributed by atoms with E-state index in [1.54, 1.807) is 0 Å². The summed E-state index contributed by atoms with van der Waals surface area (Å²) >= 11 is 0. The van der Waals surface area contributed by atoms with E-state index in [0.29, 0.717) is 12.5 Å². The molecule has 1 saturated carbocycles. The first kappa shape index (κ1) is 15.9. The van der Waals surface area contributed by atoms with E-state index in [1.807, 2.05) is 0 Å². The minimum Gasteiger partial charge on any atom is -0.481 e. The van der Waals surface area contributed by atoms with Gasteiger partial charge in [0.15, 0.2) is 0 Å². The third kappa shape index (κ3) is 5.07. The average Bonchev–Trinajstić information content (AvgIpc) is 3.15. The average molecular weight is 289 g/mol. The van der Waals surface area contributed by atoms with Gasteiger partial charge in [-0.1, -0.05) is 32.4 Å². The number of carboxylic acid groups (broad SMARTS) is 1. The normalized spacial score (nSPS) is 21.8. The van der Waals surface area contributed by atoms with E-state index < -0.39 is 5.97 Å². The van der Waals surface area contributed by atoms with Gasteiger partial charge in [0.2, 0.25) is 0 Å². The van der Waals surface area contributed by atoms with Gasteiger partial charge in [0.25, 0.3) is 0 Å². The lowest BCUT2D eigenvalue weighted by molar-refractivity contribution is -0.137. The summed E-state index contributed by atoms with van der Waals surface area (Å²) < 4.78 is 0. The van der Waals surface area contributed by atoms with Crippen molar-refractivity contribution in [1.82, 2.24) is 0 Å². The summed E-state index contributed by atoms with van der Waals surface area (Å²) in [4.78, 5) is 10.6. The molecular weight excluding hydrogens is 262 g/mol. The first-order valence-electron chi connectivity index (χ1n) is 8.17. The molecule has 116 valence electrons. The SMILES string of the molecule is CCCC(Nc1cccc(CCCC(=O)O)c1)C1CC1C. The Morgan fingerprint density at radius 2 is 2.24 bits per heavy atom. The summed E-state index contributed by atoms with van der Waals surface area (Å²) in [6.07, 6.45) is 5.56. The van der Waals surface area contributed by atoms with E-state index in [9.17, 15) is 4.79 Å². The molecule has 1 aromatic rings. The predicted octanol–water partition coefficient (Wildman–Crippen LogP) is 4.33. The predicted molar refractivity (Wildman–Crippen MR) is 86.6 cm³/mol. The topological polar surface area (TPSA) is 49.3 Å². The van der Waals surface area contributed by atoms with Crippen molar-refractivity contribution in [3.63, 3.8) is 0 Å². The Kier molecular flexibility index (Phi) is 5.66. The van der Waals surface area contributed by atoms with Crippen molar-refractivity contribution in [1.29, 1.82) is 0 Å². The highest BCUT2D eigenvalue weighted by molar-refractivity contribution is 5.66. The number of nitrogens with one attached hydrogen (secondary N) is 1. The molecule has 3 unspecified atom stereocenters. The Bertz CT molecular complexity index is 472. The third-order valence-corrected chi connectivity index (χ3v) is 4.42. The molecule has 0 radical (unpaired) electrons. The smallest absolute Gasteiger partial charge is 0.303 e. The largest absolute Gasteiger partial charge is 0.481 e. The fraction of sp³-hybridized carbons (Fsp3) is 0.611. The van der Waals surface area contributed by atoms with Crippen LogP contribution >= 0.6 is 0 Å². The van der Waals surface area contributed by atoms with Gasteiger partial charge in [-0.05, 0) is 55.2 Å². The van der Waals surface area contributed by atoms with Gasteiger partial charge >= 0.3 is 5.97 Å². The van der Waals surface area contributed by atoms with E-state index in [-0.39, 0.29) is 6.42 Å².